The topological polar surface area (TPSA) is 70.5 Å². The van der Waals surface area contributed by atoms with Crippen LogP contribution in [0, 0.1) is 0 Å². The average molecular weight is 449 g/mol. The molecular weight excluding hydrogens is 424 g/mol. The Labute approximate surface area is 197 Å². The summed E-state index contributed by atoms with van der Waals surface area (Å²) < 4.78 is 5.16. The number of allylic oxidation sites excluding steroid dienone is 1. The second kappa shape index (κ2) is 9.54. The van der Waals surface area contributed by atoms with E-state index < -0.39 is 0 Å². The van der Waals surface area contributed by atoms with Gasteiger partial charge in [-0.15, -0.1) is 5.10 Å². The molecule has 0 aliphatic carbocycles. The van der Waals surface area contributed by atoms with Crippen LogP contribution in [0.2, 0.25) is 0 Å². The summed E-state index contributed by atoms with van der Waals surface area (Å²) in [5.74, 6) is 0. The lowest BCUT2D eigenvalue weighted by atomic mass is 10.0. The predicted molar refractivity (Wildman–Crippen MR) is 133 cm³/mol. The summed E-state index contributed by atoms with van der Waals surface area (Å²) in [5.41, 5.74) is 5.70. The van der Waals surface area contributed by atoms with Gasteiger partial charge in [-0.05, 0) is 52.2 Å². The van der Waals surface area contributed by atoms with Crippen LogP contribution in [0.15, 0.2) is 102 Å². The van der Waals surface area contributed by atoms with Crippen molar-refractivity contribution in [2.45, 2.75) is 19.9 Å². The number of aromatic nitrogens is 6. The van der Waals surface area contributed by atoms with E-state index >= 15 is 0 Å². The number of para-hydroxylation sites is 2. The molecule has 0 radical (unpaired) electrons. The first kappa shape index (κ1) is 21.3. The summed E-state index contributed by atoms with van der Waals surface area (Å²) in [6, 6.07) is 25.9. The molecule has 0 saturated carbocycles. The second-order valence-electron chi connectivity index (χ2n) is 7.91. The third-order valence-corrected chi connectivity index (χ3v) is 5.67. The van der Waals surface area contributed by atoms with Gasteiger partial charge in [0.15, 0.2) is 0 Å². The molecule has 0 bridgehead atoms. The molecule has 3 aromatic carbocycles. The van der Waals surface area contributed by atoms with Gasteiger partial charge in [0, 0.05) is 11.8 Å². The summed E-state index contributed by atoms with van der Waals surface area (Å²) in [6.07, 6.45) is 8.47. The summed E-state index contributed by atoms with van der Waals surface area (Å²) in [6.45, 7) is 2.57. The van der Waals surface area contributed by atoms with Gasteiger partial charge in [-0.1, -0.05) is 73.7 Å². The first-order valence-corrected chi connectivity index (χ1v) is 11.2. The molecule has 34 heavy (non-hydrogen) atoms. The molecule has 2 heterocycles. The van der Waals surface area contributed by atoms with E-state index in [0.29, 0.717) is 6.54 Å². The van der Waals surface area contributed by atoms with E-state index in [-0.39, 0.29) is 5.69 Å². The van der Waals surface area contributed by atoms with Crippen LogP contribution in [0.3, 0.4) is 0 Å². The molecule has 0 N–H and O–H groups in total. The zero-order valence-electron chi connectivity index (χ0n) is 18.8. The van der Waals surface area contributed by atoms with Crippen LogP contribution < -0.4 is 5.69 Å². The molecule has 0 aliphatic heterocycles. The highest BCUT2D eigenvalue weighted by Gasteiger charge is 2.12. The summed E-state index contributed by atoms with van der Waals surface area (Å²) in [7, 11) is 0. The average Bonchev–Trinajstić information content (AvgIpc) is 3.53. The van der Waals surface area contributed by atoms with Crippen molar-refractivity contribution in [1.29, 1.82) is 0 Å². The van der Waals surface area contributed by atoms with Gasteiger partial charge in [0.05, 0.1) is 23.6 Å². The van der Waals surface area contributed by atoms with Gasteiger partial charge in [0.25, 0.3) is 0 Å². The minimum atomic E-state index is -0.0601. The molecule has 0 spiro atoms. The SMILES string of the molecule is CCC=Cc1cn(-c2ccccc2)c(=O)n1Cc1ccc(-c2ccccc2-n2cnnn2)cc1. The second-order valence-corrected chi connectivity index (χ2v) is 7.91. The van der Waals surface area contributed by atoms with E-state index in [2.05, 4.69) is 52.8 Å². The fourth-order valence-corrected chi connectivity index (χ4v) is 3.96. The molecule has 7 heteroatoms. The quantitative estimate of drug-likeness (QED) is 0.360. The Morgan fingerprint density at radius 3 is 2.41 bits per heavy atom. The van der Waals surface area contributed by atoms with Gasteiger partial charge in [-0.3, -0.25) is 9.13 Å². The Kier molecular flexibility index (Phi) is 5.99. The number of imidazole rings is 1. The van der Waals surface area contributed by atoms with Crippen molar-refractivity contribution in [3.63, 3.8) is 0 Å². The maximum atomic E-state index is 13.3. The Bertz CT molecular complexity index is 1460. The van der Waals surface area contributed by atoms with E-state index in [1.165, 1.54) is 0 Å². The number of nitrogens with zero attached hydrogens (tertiary/aromatic N) is 6. The number of tetrazole rings is 1. The van der Waals surface area contributed by atoms with Gasteiger partial charge in [-0.2, -0.15) is 4.68 Å². The summed E-state index contributed by atoms with van der Waals surface area (Å²) in [5, 5.41) is 11.5. The van der Waals surface area contributed by atoms with E-state index in [1.807, 2.05) is 71.4 Å². The lowest BCUT2D eigenvalue weighted by Gasteiger charge is -2.10. The molecule has 0 fully saturated rings. The molecule has 0 aliphatic rings. The molecular formula is C27H24N6O. The van der Waals surface area contributed by atoms with Crippen molar-refractivity contribution in [1.82, 2.24) is 29.3 Å². The summed E-state index contributed by atoms with van der Waals surface area (Å²) in [4.78, 5) is 13.3. The van der Waals surface area contributed by atoms with Crippen LogP contribution in [0.1, 0.15) is 24.6 Å². The normalized spacial score (nSPS) is 11.3. The van der Waals surface area contributed by atoms with Gasteiger partial charge < -0.3 is 0 Å². The lowest BCUT2D eigenvalue weighted by Crippen LogP contribution is -2.24. The molecule has 168 valence electrons. The standard InChI is InChI=1S/C27H24N6O/c1-2-3-9-24-19-32(23-10-5-4-6-11-23)27(34)31(24)18-21-14-16-22(17-15-21)25-12-7-8-13-26(25)33-20-28-29-30-33/h3-17,19-20H,2,18H2,1H3. The fraction of sp³-hybridized carbons (Fsp3) is 0.111. The van der Waals surface area contributed by atoms with Crippen molar-refractivity contribution in [2.75, 3.05) is 0 Å². The van der Waals surface area contributed by atoms with Crippen LogP contribution in [0.25, 0.3) is 28.6 Å². The van der Waals surface area contributed by atoms with Gasteiger partial charge >= 0.3 is 5.69 Å². The van der Waals surface area contributed by atoms with Gasteiger partial charge in [0.2, 0.25) is 0 Å². The number of hydrogen-bond acceptors (Lipinski definition) is 4. The zero-order chi connectivity index (χ0) is 23.3. The zero-order valence-corrected chi connectivity index (χ0v) is 18.8. The largest absolute Gasteiger partial charge is 0.333 e. The van der Waals surface area contributed by atoms with Crippen molar-refractivity contribution >= 4 is 6.08 Å². The van der Waals surface area contributed by atoms with E-state index in [4.69, 9.17) is 0 Å². The van der Waals surface area contributed by atoms with Crippen LogP contribution in [-0.4, -0.2) is 29.3 Å². The Balaban J connectivity index is 1.48. The predicted octanol–water partition coefficient (Wildman–Crippen LogP) is 4.75. The van der Waals surface area contributed by atoms with Crippen LogP contribution in [-0.2, 0) is 6.54 Å². The molecule has 0 atom stereocenters. The number of benzene rings is 3. The van der Waals surface area contributed by atoms with E-state index in [0.717, 1.165) is 40.2 Å². The summed E-state index contributed by atoms with van der Waals surface area (Å²) >= 11 is 0. The van der Waals surface area contributed by atoms with E-state index in [1.54, 1.807) is 15.6 Å². The number of hydrogen-bond donors (Lipinski definition) is 0. The Hall–Kier alpha value is -4.52. The first-order valence-electron chi connectivity index (χ1n) is 11.2. The Morgan fingerprint density at radius 2 is 1.68 bits per heavy atom. The maximum absolute atomic E-state index is 13.3. The maximum Gasteiger partial charge on any atom is 0.333 e. The van der Waals surface area contributed by atoms with Crippen LogP contribution in [0.4, 0.5) is 0 Å². The third-order valence-electron chi connectivity index (χ3n) is 5.67. The third kappa shape index (κ3) is 4.23. The molecule has 0 saturated heterocycles. The molecule has 7 nitrogen and oxygen atoms in total. The van der Waals surface area contributed by atoms with Crippen molar-refractivity contribution in [2.24, 2.45) is 0 Å². The fourth-order valence-electron chi connectivity index (χ4n) is 3.96. The minimum Gasteiger partial charge on any atom is -0.288 e. The molecule has 5 rings (SSSR count). The van der Waals surface area contributed by atoms with Crippen molar-refractivity contribution in [3.05, 3.63) is 119 Å². The molecule has 0 unspecified atom stereocenters. The molecule has 2 aromatic heterocycles. The van der Waals surface area contributed by atoms with Crippen molar-refractivity contribution in [3.8, 4) is 22.5 Å². The van der Waals surface area contributed by atoms with Crippen LogP contribution >= 0.6 is 0 Å². The van der Waals surface area contributed by atoms with Gasteiger partial charge in [0.1, 0.15) is 6.33 Å². The van der Waals surface area contributed by atoms with Gasteiger partial charge in [-0.25, -0.2) is 4.79 Å². The Morgan fingerprint density at radius 1 is 0.912 bits per heavy atom. The van der Waals surface area contributed by atoms with Crippen LogP contribution in [0.5, 0.6) is 0 Å². The highest BCUT2D eigenvalue weighted by Crippen LogP contribution is 2.26. The minimum absolute atomic E-state index is 0.0601. The highest BCUT2D eigenvalue weighted by molar-refractivity contribution is 5.72. The smallest absolute Gasteiger partial charge is 0.288 e. The van der Waals surface area contributed by atoms with E-state index in [9.17, 15) is 4.79 Å². The lowest BCUT2D eigenvalue weighted by molar-refractivity contribution is 0.737. The monoisotopic (exact) mass is 448 g/mol. The molecule has 0 amide bonds. The molecule has 5 aromatic rings. The highest BCUT2D eigenvalue weighted by atomic mass is 16.1. The number of rotatable bonds is 7. The van der Waals surface area contributed by atoms with Crippen molar-refractivity contribution < 1.29 is 0 Å². The first-order chi connectivity index (χ1) is 16.7.